The third-order valence-corrected chi connectivity index (χ3v) is 4.05. The van der Waals surface area contributed by atoms with E-state index in [9.17, 15) is 14.0 Å². The minimum atomic E-state index is -0.368. The molecule has 1 aliphatic rings. The molecule has 0 saturated carbocycles. The lowest BCUT2D eigenvalue weighted by atomic mass is 10.2. The molecule has 0 atom stereocenters. The average Bonchev–Trinajstić information content (AvgIpc) is 2.96. The standard InChI is InChI=1S/C17H18FN3O3/c18-14-4-2-13(3-5-14)17(23)21-8-1-7-20(9-10-21)16(22)12-15-6-11-24-19-15/h2-6,11H,1,7-10,12H2. The normalized spacial score (nSPS) is 15.2. The van der Waals surface area contributed by atoms with Crippen molar-refractivity contribution in [2.24, 2.45) is 0 Å². The number of hydrogen-bond donors (Lipinski definition) is 0. The first kappa shape index (κ1) is 16.2. The zero-order chi connectivity index (χ0) is 16.9. The second kappa shape index (κ2) is 7.25. The summed E-state index contributed by atoms with van der Waals surface area (Å²) in [5, 5.41) is 3.75. The van der Waals surface area contributed by atoms with Crippen LogP contribution < -0.4 is 0 Å². The molecule has 0 bridgehead atoms. The molecule has 3 rings (SSSR count). The Morgan fingerprint density at radius 1 is 1.04 bits per heavy atom. The SMILES string of the molecule is O=C(Cc1ccon1)N1CCCN(C(=O)c2ccc(F)cc2)CC1. The summed E-state index contributed by atoms with van der Waals surface area (Å²) in [6.07, 6.45) is 2.34. The van der Waals surface area contributed by atoms with Gasteiger partial charge in [-0.25, -0.2) is 4.39 Å². The molecule has 1 saturated heterocycles. The first-order valence-electron chi connectivity index (χ1n) is 7.85. The number of halogens is 1. The van der Waals surface area contributed by atoms with Crippen LogP contribution in [0.25, 0.3) is 0 Å². The molecular weight excluding hydrogens is 313 g/mol. The zero-order valence-corrected chi connectivity index (χ0v) is 13.2. The molecule has 6 nitrogen and oxygen atoms in total. The lowest BCUT2D eigenvalue weighted by Gasteiger charge is -2.22. The van der Waals surface area contributed by atoms with E-state index >= 15 is 0 Å². The molecule has 1 aromatic carbocycles. The van der Waals surface area contributed by atoms with Gasteiger partial charge < -0.3 is 14.3 Å². The molecule has 2 heterocycles. The molecule has 2 amide bonds. The van der Waals surface area contributed by atoms with E-state index in [1.165, 1.54) is 30.5 Å². The number of aromatic nitrogens is 1. The molecule has 2 aromatic rings. The summed E-state index contributed by atoms with van der Waals surface area (Å²) in [5.74, 6) is -0.534. The summed E-state index contributed by atoms with van der Waals surface area (Å²) >= 11 is 0. The van der Waals surface area contributed by atoms with Gasteiger partial charge >= 0.3 is 0 Å². The quantitative estimate of drug-likeness (QED) is 0.859. The topological polar surface area (TPSA) is 66.7 Å². The molecule has 0 N–H and O–H groups in total. The number of benzene rings is 1. The summed E-state index contributed by atoms with van der Waals surface area (Å²) < 4.78 is 17.7. The van der Waals surface area contributed by atoms with Gasteiger partial charge in [-0.3, -0.25) is 9.59 Å². The van der Waals surface area contributed by atoms with Crippen molar-refractivity contribution in [1.82, 2.24) is 15.0 Å². The van der Waals surface area contributed by atoms with Gasteiger partial charge in [0.15, 0.2) is 0 Å². The fourth-order valence-electron chi connectivity index (χ4n) is 2.74. The number of carbonyl (C=O) groups is 2. The Labute approximate surface area is 138 Å². The molecule has 1 fully saturated rings. The Kier molecular flexibility index (Phi) is 4.88. The van der Waals surface area contributed by atoms with Crippen molar-refractivity contribution in [3.8, 4) is 0 Å². The van der Waals surface area contributed by atoms with E-state index in [4.69, 9.17) is 4.52 Å². The monoisotopic (exact) mass is 331 g/mol. The average molecular weight is 331 g/mol. The molecule has 7 heteroatoms. The largest absolute Gasteiger partial charge is 0.364 e. The predicted octanol–water partition coefficient (Wildman–Crippen LogP) is 1.73. The molecule has 0 spiro atoms. The van der Waals surface area contributed by atoms with Crippen LogP contribution in [0.3, 0.4) is 0 Å². The van der Waals surface area contributed by atoms with Gasteiger partial charge in [-0.2, -0.15) is 0 Å². The third-order valence-electron chi connectivity index (χ3n) is 4.05. The van der Waals surface area contributed by atoms with Gasteiger partial charge in [-0.15, -0.1) is 0 Å². The van der Waals surface area contributed by atoms with Gasteiger partial charge in [0.1, 0.15) is 12.1 Å². The van der Waals surface area contributed by atoms with Gasteiger partial charge in [0.2, 0.25) is 5.91 Å². The zero-order valence-electron chi connectivity index (χ0n) is 13.2. The first-order valence-corrected chi connectivity index (χ1v) is 7.85. The summed E-state index contributed by atoms with van der Waals surface area (Å²) in [5.41, 5.74) is 1.06. The van der Waals surface area contributed by atoms with Crippen molar-refractivity contribution < 1.29 is 18.5 Å². The van der Waals surface area contributed by atoms with Crippen LogP contribution in [0, 0.1) is 5.82 Å². The molecule has 1 aliphatic heterocycles. The van der Waals surface area contributed by atoms with Crippen LogP contribution in [-0.2, 0) is 11.2 Å². The summed E-state index contributed by atoms with van der Waals surface area (Å²) in [4.78, 5) is 28.2. The van der Waals surface area contributed by atoms with Gasteiger partial charge in [0.25, 0.3) is 5.91 Å². The lowest BCUT2D eigenvalue weighted by molar-refractivity contribution is -0.130. The third kappa shape index (κ3) is 3.79. The smallest absolute Gasteiger partial charge is 0.253 e. The van der Waals surface area contributed by atoms with Crippen molar-refractivity contribution in [3.05, 3.63) is 53.7 Å². The lowest BCUT2D eigenvalue weighted by Crippen LogP contribution is -2.38. The van der Waals surface area contributed by atoms with Crippen molar-refractivity contribution in [1.29, 1.82) is 0 Å². The minimum Gasteiger partial charge on any atom is -0.364 e. The van der Waals surface area contributed by atoms with Gasteiger partial charge in [0.05, 0.1) is 12.1 Å². The van der Waals surface area contributed by atoms with Gasteiger partial charge in [-0.05, 0) is 30.7 Å². The van der Waals surface area contributed by atoms with Crippen molar-refractivity contribution in [3.63, 3.8) is 0 Å². The highest BCUT2D eigenvalue weighted by Gasteiger charge is 2.23. The molecule has 0 radical (unpaired) electrons. The molecule has 0 aliphatic carbocycles. The number of rotatable bonds is 3. The Morgan fingerprint density at radius 2 is 1.75 bits per heavy atom. The highest BCUT2D eigenvalue weighted by Crippen LogP contribution is 2.11. The van der Waals surface area contributed by atoms with Crippen molar-refractivity contribution in [2.75, 3.05) is 26.2 Å². The second-order valence-electron chi connectivity index (χ2n) is 5.70. The fourth-order valence-corrected chi connectivity index (χ4v) is 2.74. The number of carbonyl (C=O) groups excluding carboxylic acids is 2. The first-order chi connectivity index (χ1) is 11.6. The van der Waals surface area contributed by atoms with Crippen LogP contribution in [0.15, 0.2) is 41.1 Å². The van der Waals surface area contributed by atoms with Crippen LogP contribution in [-0.4, -0.2) is 52.9 Å². The molecule has 1 aromatic heterocycles. The van der Waals surface area contributed by atoms with Crippen LogP contribution in [0.4, 0.5) is 4.39 Å². The van der Waals surface area contributed by atoms with E-state index in [-0.39, 0.29) is 24.1 Å². The molecular formula is C17H18FN3O3. The van der Waals surface area contributed by atoms with Gasteiger partial charge in [-0.1, -0.05) is 5.16 Å². The maximum Gasteiger partial charge on any atom is 0.253 e. The Bertz CT molecular complexity index is 700. The van der Waals surface area contributed by atoms with E-state index < -0.39 is 0 Å². The maximum absolute atomic E-state index is 13.0. The number of amides is 2. The fraction of sp³-hybridized carbons (Fsp3) is 0.353. The summed E-state index contributed by atoms with van der Waals surface area (Å²) in [6, 6.07) is 7.18. The Morgan fingerprint density at radius 3 is 2.46 bits per heavy atom. The van der Waals surface area contributed by atoms with Crippen molar-refractivity contribution in [2.45, 2.75) is 12.8 Å². The summed E-state index contributed by atoms with van der Waals surface area (Å²) in [6.45, 7) is 2.11. The van der Waals surface area contributed by atoms with E-state index in [1.807, 2.05) is 0 Å². The predicted molar refractivity (Wildman–Crippen MR) is 83.7 cm³/mol. The Hall–Kier alpha value is -2.70. The number of nitrogens with zero attached hydrogens (tertiary/aromatic N) is 3. The van der Waals surface area contributed by atoms with E-state index in [2.05, 4.69) is 5.16 Å². The Balaban J connectivity index is 1.59. The number of hydrogen-bond acceptors (Lipinski definition) is 4. The highest BCUT2D eigenvalue weighted by molar-refractivity contribution is 5.94. The highest BCUT2D eigenvalue weighted by atomic mass is 19.1. The van der Waals surface area contributed by atoms with Crippen LogP contribution in [0.5, 0.6) is 0 Å². The van der Waals surface area contributed by atoms with Crippen LogP contribution >= 0.6 is 0 Å². The van der Waals surface area contributed by atoms with Crippen LogP contribution in [0.2, 0.25) is 0 Å². The van der Waals surface area contributed by atoms with E-state index in [1.54, 1.807) is 15.9 Å². The van der Waals surface area contributed by atoms with Crippen LogP contribution in [0.1, 0.15) is 22.5 Å². The van der Waals surface area contributed by atoms with Gasteiger partial charge in [0, 0.05) is 37.8 Å². The van der Waals surface area contributed by atoms with Crippen molar-refractivity contribution >= 4 is 11.8 Å². The summed E-state index contributed by atoms with van der Waals surface area (Å²) in [7, 11) is 0. The molecule has 126 valence electrons. The minimum absolute atomic E-state index is 0.0278. The maximum atomic E-state index is 13.0. The molecule has 0 unspecified atom stereocenters. The second-order valence-corrected chi connectivity index (χ2v) is 5.70. The van der Waals surface area contributed by atoms with E-state index in [0.29, 0.717) is 43.9 Å². The molecule has 24 heavy (non-hydrogen) atoms. The van der Waals surface area contributed by atoms with E-state index in [0.717, 1.165) is 0 Å².